The Morgan fingerprint density at radius 2 is 1.33 bits per heavy atom. The molecule has 3 nitrogen and oxygen atoms in total. The highest BCUT2D eigenvalue weighted by atomic mass is 16.3. The van der Waals surface area contributed by atoms with Gasteiger partial charge in [0.15, 0.2) is 0 Å². The molecule has 0 fully saturated rings. The third-order valence-corrected chi connectivity index (χ3v) is 9.95. The highest BCUT2D eigenvalue weighted by Gasteiger charge is 2.26. The van der Waals surface area contributed by atoms with Crippen LogP contribution in [-0.4, -0.2) is 9.13 Å². The molecule has 8 aromatic rings. The zero-order valence-corrected chi connectivity index (χ0v) is 24.8. The van der Waals surface area contributed by atoms with Crippen LogP contribution in [0.25, 0.3) is 72.6 Å². The molecule has 3 aromatic heterocycles. The van der Waals surface area contributed by atoms with Crippen molar-refractivity contribution in [2.45, 2.75) is 25.3 Å². The minimum absolute atomic E-state index is 0.233. The van der Waals surface area contributed by atoms with Gasteiger partial charge in [-0.3, -0.25) is 0 Å². The Kier molecular flexibility index (Phi) is 5.23. The van der Waals surface area contributed by atoms with Gasteiger partial charge in [-0.15, -0.1) is 0 Å². The van der Waals surface area contributed by atoms with Crippen LogP contribution in [0.1, 0.15) is 35.0 Å². The lowest BCUT2D eigenvalue weighted by Crippen LogP contribution is -2.14. The second kappa shape index (κ2) is 9.48. The lowest BCUT2D eigenvalue weighted by Gasteiger charge is -2.22. The van der Waals surface area contributed by atoms with Crippen LogP contribution < -0.4 is 0 Å². The van der Waals surface area contributed by atoms with E-state index in [2.05, 4.69) is 149 Å². The van der Waals surface area contributed by atoms with Gasteiger partial charge in [0.1, 0.15) is 11.3 Å². The molecule has 3 heterocycles. The smallest absolute Gasteiger partial charge is 0.135 e. The molecule has 0 amide bonds. The number of hydrogen-bond acceptors (Lipinski definition) is 1. The van der Waals surface area contributed by atoms with Crippen LogP contribution in [0.15, 0.2) is 132 Å². The van der Waals surface area contributed by atoms with Gasteiger partial charge >= 0.3 is 0 Å². The van der Waals surface area contributed by atoms with Gasteiger partial charge in [-0.2, -0.15) is 0 Å². The average molecular weight is 579 g/mol. The lowest BCUT2D eigenvalue weighted by atomic mass is 9.94. The molecule has 1 atom stereocenters. The van der Waals surface area contributed by atoms with Crippen LogP contribution in [0.2, 0.25) is 0 Å². The molecule has 5 aromatic carbocycles. The SMILES string of the molecule is C1=Cc2c(c3ccccc3n2C2C=Cc3oc4ccc(-c5cccc(-n6c7ccccc7c7ccccc76)c5)cc4c3C2)CC1. The van der Waals surface area contributed by atoms with Crippen LogP contribution in [0, 0.1) is 0 Å². The van der Waals surface area contributed by atoms with Gasteiger partial charge in [0.05, 0.1) is 17.1 Å². The molecule has 2 aliphatic carbocycles. The summed E-state index contributed by atoms with van der Waals surface area (Å²) in [6, 6.07) is 42.1. The van der Waals surface area contributed by atoms with E-state index < -0.39 is 0 Å². The number of rotatable bonds is 3. The van der Waals surface area contributed by atoms with Crippen molar-refractivity contribution in [3.63, 3.8) is 0 Å². The second-order valence-corrected chi connectivity index (χ2v) is 12.4. The summed E-state index contributed by atoms with van der Waals surface area (Å²) in [6.45, 7) is 0. The lowest BCUT2D eigenvalue weighted by molar-refractivity contribution is 0.565. The maximum Gasteiger partial charge on any atom is 0.135 e. The van der Waals surface area contributed by atoms with E-state index in [0.717, 1.165) is 30.6 Å². The molecule has 0 N–H and O–H groups in total. The first kappa shape index (κ1) is 24.9. The van der Waals surface area contributed by atoms with Gasteiger partial charge in [-0.25, -0.2) is 0 Å². The van der Waals surface area contributed by atoms with Crippen LogP contribution in [0.5, 0.6) is 0 Å². The number of aromatic nitrogens is 2. The molecule has 2 aliphatic rings. The number of para-hydroxylation sites is 3. The first-order valence-corrected chi connectivity index (χ1v) is 15.9. The zero-order valence-electron chi connectivity index (χ0n) is 24.8. The van der Waals surface area contributed by atoms with Crippen molar-refractivity contribution in [1.29, 1.82) is 0 Å². The van der Waals surface area contributed by atoms with Crippen molar-refractivity contribution in [3.05, 3.63) is 150 Å². The number of allylic oxidation sites excluding steroid dienone is 2. The number of benzene rings is 5. The molecule has 0 bridgehead atoms. The fourth-order valence-electron chi connectivity index (χ4n) is 7.95. The van der Waals surface area contributed by atoms with Gasteiger partial charge in [0.2, 0.25) is 0 Å². The normalized spacial score (nSPS) is 15.8. The van der Waals surface area contributed by atoms with E-state index in [0.29, 0.717) is 0 Å². The third-order valence-electron chi connectivity index (χ3n) is 9.95. The van der Waals surface area contributed by atoms with Gasteiger partial charge in [-0.05, 0) is 84.1 Å². The minimum atomic E-state index is 0.233. The number of nitrogens with zero attached hydrogens (tertiary/aromatic N) is 2. The quantitative estimate of drug-likeness (QED) is 0.204. The first-order valence-electron chi connectivity index (χ1n) is 15.9. The maximum absolute atomic E-state index is 6.41. The highest BCUT2D eigenvalue weighted by Crippen LogP contribution is 2.41. The van der Waals surface area contributed by atoms with E-state index in [1.165, 1.54) is 71.7 Å². The Balaban J connectivity index is 1.08. The Hall–Kier alpha value is -5.54. The molecule has 3 heteroatoms. The topological polar surface area (TPSA) is 23.0 Å². The second-order valence-electron chi connectivity index (χ2n) is 12.4. The minimum Gasteiger partial charge on any atom is -0.456 e. The van der Waals surface area contributed by atoms with Crippen LogP contribution in [0.4, 0.5) is 0 Å². The van der Waals surface area contributed by atoms with Gasteiger partial charge in [0, 0.05) is 50.4 Å². The molecule has 0 saturated carbocycles. The van der Waals surface area contributed by atoms with Crippen molar-refractivity contribution in [1.82, 2.24) is 9.13 Å². The fourth-order valence-corrected chi connectivity index (χ4v) is 7.95. The van der Waals surface area contributed by atoms with E-state index in [1.807, 2.05) is 0 Å². The highest BCUT2D eigenvalue weighted by molar-refractivity contribution is 6.09. The summed E-state index contributed by atoms with van der Waals surface area (Å²) in [5, 5.41) is 5.15. The summed E-state index contributed by atoms with van der Waals surface area (Å²) >= 11 is 0. The summed E-state index contributed by atoms with van der Waals surface area (Å²) in [7, 11) is 0. The van der Waals surface area contributed by atoms with Gasteiger partial charge in [0.25, 0.3) is 0 Å². The monoisotopic (exact) mass is 578 g/mol. The van der Waals surface area contributed by atoms with Crippen molar-refractivity contribution in [2.75, 3.05) is 0 Å². The molecule has 0 spiro atoms. The molecule has 214 valence electrons. The van der Waals surface area contributed by atoms with E-state index in [4.69, 9.17) is 4.42 Å². The molecule has 0 saturated heterocycles. The predicted octanol–water partition coefficient (Wildman–Crippen LogP) is 10.9. The van der Waals surface area contributed by atoms with Crippen molar-refractivity contribution < 1.29 is 4.42 Å². The van der Waals surface area contributed by atoms with Crippen molar-refractivity contribution >= 4 is 55.8 Å². The third kappa shape index (κ3) is 3.64. The van der Waals surface area contributed by atoms with Crippen molar-refractivity contribution in [2.24, 2.45) is 0 Å². The number of furan rings is 1. The largest absolute Gasteiger partial charge is 0.456 e. The Morgan fingerprint density at radius 1 is 0.600 bits per heavy atom. The average Bonchev–Trinajstić information content (AvgIpc) is 3.75. The van der Waals surface area contributed by atoms with Crippen molar-refractivity contribution in [3.8, 4) is 16.8 Å². The molecule has 0 aliphatic heterocycles. The summed E-state index contributed by atoms with van der Waals surface area (Å²) in [6.07, 6.45) is 12.3. The maximum atomic E-state index is 6.41. The standard InChI is InChI=1S/C42H30N2O/c1-5-16-37-31(12-1)32-13-2-6-17-38(32)43(37)29-11-9-10-27(24-29)28-20-22-41-35(25-28)36-26-30(21-23-42(36)45-41)44-39-18-7-3-14-33(39)34-15-4-8-19-40(34)44/h1-3,5-14,16-25,30H,4,15,26H2. The summed E-state index contributed by atoms with van der Waals surface area (Å²) in [5.41, 5.74) is 12.4. The predicted molar refractivity (Wildman–Crippen MR) is 187 cm³/mol. The van der Waals surface area contributed by atoms with Crippen LogP contribution in [0.3, 0.4) is 0 Å². The number of aryl methyl sites for hydroxylation is 1. The molecule has 45 heavy (non-hydrogen) atoms. The Labute approximate surface area is 260 Å². The van der Waals surface area contributed by atoms with E-state index in [9.17, 15) is 0 Å². The summed E-state index contributed by atoms with van der Waals surface area (Å²) in [4.78, 5) is 0. The Morgan fingerprint density at radius 3 is 2.16 bits per heavy atom. The first-order chi connectivity index (χ1) is 22.3. The van der Waals surface area contributed by atoms with E-state index in [-0.39, 0.29) is 6.04 Å². The molecule has 1 unspecified atom stereocenters. The van der Waals surface area contributed by atoms with E-state index in [1.54, 1.807) is 0 Å². The van der Waals surface area contributed by atoms with E-state index >= 15 is 0 Å². The van der Waals surface area contributed by atoms with Gasteiger partial charge in [-0.1, -0.05) is 84.9 Å². The zero-order chi connectivity index (χ0) is 29.5. The molecular weight excluding hydrogens is 548 g/mol. The molecular formula is C42H30N2O. The molecule has 10 rings (SSSR count). The number of fused-ring (bicyclic) bond motifs is 9. The molecule has 0 radical (unpaired) electrons. The van der Waals surface area contributed by atoms with Crippen LogP contribution in [-0.2, 0) is 12.8 Å². The van der Waals surface area contributed by atoms with Crippen LogP contribution >= 0.6 is 0 Å². The fraction of sp³-hybridized carbons (Fsp3) is 0.0952. The summed E-state index contributed by atoms with van der Waals surface area (Å²) in [5.74, 6) is 0.985. The summed E-state index contributed by atoms with van der Waals surface area (Å²) < 4.78 is 11.4. The van der Waals surface area contributed by atoms with Gasteiger partial charge < -0.3 is 13.6 Å². The number of hydrogen-bond donors (Lipinski definition) is 0. The Bertz CT molecular complexity index is 2480.